The highest BCUT2D eigenvalue weighted by Crippen LogP contribution is 2.33. The van der Waals surface area contributed by atoms with Gasteiger partial charge >= 0.3 is 12.4 Å². The average molecular weight is 440 g/mol. The Bertz CT molecular complexity index is 1240. The highest BCUT2D eigenvalue weighted by molar-refractivity contribution is 5.94. The van der Waals surface area contributed by atoms with Crippen molar-refractivity contribution in [2.75, 3.05) is 11.4 Å². The van der Waals surface area contributed by atoms with Gasteiger partial charge in [-0.25, -0.2) is 0 Å². The Kier molecular flexibility index (Phi) is 4.74. The molecule has 0 fully saturated rings. The number of hydrogen-bond donors (Lipinski definition) is 2. The maximum Gasteiger partial charge on any atom is 0.451 e. The Morgan fingerprint density at radius 1 is 1.03 bits per heavy atom. The molecule has 0 spiro atoms. The summed E-state index contributed by atoms with van der Waals surface area (Å²) in [5.74, 6) is -1.79. The zero-order chi connectivity index (χ0) is 22.6. The molecule has 4 rings (SSSR count). The van der Waals surface area contributed by atoms with Crippen molar-refractivity contribution in [3.05, 3.63) is 58.8 Å². The molecule has 2 N–H and O–H groups in total. The van der Waals surface area contributed by atoms with Gasteiger partial charge in [-0.05, 0) is 11.6 Å². The number of alkyl halides is 6. The van der Waals surface area contributed by atoms with Gasteiger partial charge in [0.2, 0.25) is 5.84 Å². The summed E-state index contributed by atoms with van der Waals surface area (Å²) in [4.78, 5) is 5.42. The van der Waals surface area contributed by atoms with Gasteiger partial charge in [0, 0.05) is 42.2 Å². The molecule has 3 aromatic rings. The molecule has 1 aliphatic rings. The van der Waals surface area contributed by atoms with Crippen LogP contribution >= 0.6 is 0 Å². The molecular formula is C19H14F6N6. The van der Waals surface area contributed by atoms with Gasteiger partial charge in [0.25, 0.3) is 0 Å². The first-order valence-electron chi connectivity index (χ1n) is 8.99. The SMILES string of the molecule is N=C(n1nc(N2CCc3ncc(C(F)(F)F)cc3C2)c2ccccc2c1=N)C(F)(F)F. The summed E-state index contributed by atoms with van der Waals surface area (Å²) >= 11 is 0. The van der Waals surface area contributed by atoms with Crippen LogP contribution in [0.25, 0.3) is 10.8 Å². The monoisotopic (exact) mass is 440 g/mol. The number of halogens is 6. The second kappa shape index (κ2) is 7.06. The van der Waals surface area contributed by atoms with Gasteiger partial charge in [-0.1, -0.05) is 24.3 Å². The lowest BCUT2D eigenvalue weighted by Crippen LogP contribution is -2.41. The normalized spacial score (nSPS) is 14.6. The number of benzene rings is 1. The molecule has 0 unspecified atom stereocenters. The Balaban J connectivity index is 1.85. The summed E-state index contributed by atoms with van der Waals surface area (Å²) in [5.41, 5.74) is -0.762. The zero-order valence-electron chi connectivity index (χ0n) is 15.6. The van der Waals surface area contributed by atoms with E-state index in [-0.39, 0.29) is 35.4 Å². The maximum absolute atomic E-state index is 13.1. The first-order chi connectivity index (χ1) is 14.5. The van der Waals surface area contributed by atoms with Gasteiger partial charge in [0.1, 0.15) is 0 Å². The molecule has 0 saturated carbocycles. The van der Waals surface area contributed by atoms with Gasteiger partial charge in [-0.15, -0.1) is 5.10 Å². The first-order valence-corrected chi connectivity index (χ1v) is 8.99. The number of nitrogens with one attached hydrogen (secondary N) is 2. The van der Waals surface area contributed by atoms with Crippen LogP contribution in [0.15, 0.2) is 36.5 Å². The van der Waals surface area contributed by atoms with Gasteiger partial charge in [0.15, 0.2) is 11.3 Å². The highest BCUT2D eigenvalue weighted by Gasteiger charge is 2.38. The average Bonchev–Trinajstić information content (AvgIpc) is 2.71. The van der Waals surface area contributed by atoms with Crippen LogP contribution in [0.1, 0.15) is 16.8 Å². The topological polar surface area (TPSA) is 81.7 Å². The van der Waals surface area contributed by atoms with Crippen molar-refractivity contribution < 1.29 is 26.3 Å². The van der Waals surface area contributed by atoms with E-state index in [4.69, 9.17) is 10.8 Å². The lowest BCUT2D eigenvalue weighted by atomic mass is 10.0. The van der Waals surface area contributed by atoms with Gasteiger partial charge in [-0.3, -0.25) is 15.8 Å². The van der Waals surface area contributed by atoms with E-state index in [1.807, 2.05) is 0 Å². The minimum Gasteiger partial charge on any atom is -0.350 e. The van der Waals surface area contributed by atoms with Crippen LogP contribution in [-0.4, -0.2) is 33.3 Å². The third kappa shape index (κ3) is 3.73. The molecule has 6 nitrogen and oxygen atoms in total. The fraction of sp³-hybridized carbons (Fsp3) is 0.263. The van der Waals surface area contributed by atoms with Crippen LogP contribution < -0.4 is 10.4 Å². The molecule has 0 bridgehead atoms. The molecule has 2 aromatic heterocycles. The van der Waals surface area contributed by atoms with Gasteiger partial charge < -0.3 is 4.90 Å². The van der Waals surface area contributed by atoms with Crippen molar-refractivity contribution in [2.45, 2.75) is 25.3 Å². The largest absolute Gasteiger partial charge is 0.451 e. The van der Waals surface area contributed by atoms with E-state index in [0.29, 0.717) is 16.6 Å². The van der Waals surface area contributed by atoms with Gasteiger partial charge in [0.05, 0.1) is 5.56 Å². The van der Waals surface area contributed by atoms with Crippen molar-refractivity contribution in [1.82, 2.24) is 14.8 Å². The minimum absolute atomic E-state index is 0.0451. The highest BCUT2D eigenvalue weighted by atomic mass is 19.4. The molecule has 31 heavy (non-hydrogen) atoms. The number of rotatable bonds is 1. The van der Waals surface area contributed by atoms with Crippen molar-refractivity contribution >= 4 is 22.4 Å². The molecule has 0 saturated heterocycles. The Labute approximate surface area is 170 Å². The number of nitrogens with zero attached hydrogens (tertiary/aromatic N) is 4. The van der Waals surface area contributed by atoms with E-state index in [9.17, 15) is 26.3 Å². The fourth-order valence-corrected chi connectivity index (χ4v) is 3.47. The van der Waals surface area contributed by atoms with Crippen LogP contribution in [0.4, 0.5) is 32.2 Å². The van der Waals surface area contributed by atoms with Crippen LogP contribution in [0.2, 0.25) is 0 Å². The summed E-state index contributed by atoms with van der Waals surface area (Å²) in [6, 6.07) is 7.13. The summed E-state index contributed by atoms with van der Waals surface area (Å²) < 4.78 is 78.8. The van der Waals surface area contributed by atoms with E-state index in [1.54, 1.807) is 12.1 Å². The van der Waals surface area contributed by atoms with Crippen LogP contribution in [0.3, 0.4) is 0 Å². The predicted molar refractivity (Wildman–Crippen MR) is 98.8 cm³/mol. The lowest BCUT2D eigenvalue weighted by Gasteiger charge is -2.31. The molecule has 0 amide bonds. The molecule has 0 radical (unpaired) electrons. The van der Waals surface area contributed by atoms with E-state index >= 15 is 0 Å². The van der Waals surface area contributed by atoms with Crippen molar-refractivity contribution in [2.24, 2.45) is 0 Å². The minimum atomic E-state index is -5.03. The maximum atomic E-state index is 13.1. The van der Waals surface area contributed by atoms with Crippen LogP contribution in [0, 0.1) is 10.8 Å². The summed E-state index contributed by atoms with van der Waals surface area (Å²) in [5, 5.41) is 19.9. The van der Waals surface area contributed by atoms with Crippen molar-refractivity contribution in [3.8, 4) is 0 Å². The quantitative estimate of drug-likeness (QED) is 0.342. The first kappa shape index (κ1) is 20.8. The number of anilines is 1. The van der Waals surface area contributed by atoms with Gasteiger partial charge in [-0.2, -0.15) is 31.0 Å². The molecule has 0 aliphatic carbocycles. The second-order valence-electron chi connectivity index (χ2n) is 6.98. The number of aromatic nitrogens is 3. The van der Waals surface area contributed by atoms with Crippen molar-refractivity contribution in [3.63, 3.8) is 0 Å². The smallest absolute Gasteiger partial charge is 0.350 e. The number of fused-ring (bicyclic) bond motifs is 2. The molecule has 162 valence electrons. The van der Waals surface area contributed by atoms with Crippen LogP contribution in [0.5, 0.6) is 0 Å². The van der Waals surface area contributed by atoms with E-state index < -0.39 is 29.2 Å². The summed E-state index contributed by atoms with van der Waals surface area (Å²) in [6.07, 6.45) is -8.58. The van der Waals surface area contributed by atoms with E-state index in [2.05, 4.69) is 10.1 Å². The lowest BCUT2D eigenvalue weighted by molar-refractivity contribution is -0.137. The molecular weight excluding hydrogens is 426 g/mol. The number of hydrogen-bond acceptors (Lipinski definition) is 5. The van der Waals surface area contributed by atoms with Crippen molar-refractivity contribution in [1.29, 1.82) is 10.8 Å². The second-order valence-corrected chi connectivity index (χ2v) is 6.98. The zero-order valence-corrected chi connectivity index (χ0v) is 15.6. The van der Waals surface area contributed by atoms with E-state index in [0.717, 1.165) is 12.3 Å². The Morgan fingerprint density at radius 2 is 1.71 bits per heavy atom. The third-order valence-corrected chi connectivity index (χ3v) is 4.98. The summed E-state index contributed by atoms with van der Waals surface area (Å²) in [6.45, 7) is 0.193. The standard InChI is InChI=1S/C19H14F6N6/c20-18(21,22)11-7-10-9-30(6-5-14(10)28-8-11)16-13-4-2-1-3-12(13)15(26)31(29-16)17(27)19(23,24)25/h1-4,7-8,26-27H,5-6,9H2. The Morgan fingerprint density at radius 3 is 2.35 bits per heavy atom. The molecule has 1 aliphatic heterocycles. The summed E-state index contributed by atoms with van der Waals surface area (Å²) in [7, 11) is 0. The van der Waals surface area contributed by atoms with E-state index in [1.165, 1.54) is 17.0 Å². The van der Waals surface area contributed by atoms with Crippen LogP contribution in [-0.2, 0) is 19.1 Å². The molecule has 12 heteroatoms. The fourth-order valence-electron chi connectivity index (χ4n) is 3.47. The molecule has 0 atom stereocenters. The Hall–Kier alpha value is -3.44. The third-order valence-electron chi connectivity index (χ3n) is 4.98. The number of pyridine rings is 1. The molecule has 1 aromatic carbocycles. The predicted octanol–water partition coefficient (Wildman–Crippen LogP) is 3.88. The molecule has 3 heterocycles.